The normalized spacial score (nSPS) is 10.5. The number of nitriles is 1. The molecule has 0 aliphatic heterocycles. The molecule has 0 atom stereocenters. The summed E-state index contributed by atoms with van der Waals surface area (Å²) in [4.78, 5) is 8.77. The first kappa shape index (κ1) is 9.73. The lowest BCUT2D eigenvalue weighted by Crippen LogP contribution is -1.88. The maximum Gasteiger partial charge on any atom is 0.0964 e. The number of hydrogen-bond donors (Lipinski definition) is 0. The highest BCUT2D eigenvalue weighted by atomic mass is 14.7. The summed E-state index contributed by atoms with van der Waals surface area (Å²) in [5, 5.41) is 10.8. The van der Waals surface area contributed by atoms with E-state index in [1.165, 1.54) is 0 Å². The average Bonchev–Trinajstić information content (AvgIpc) is 2.39. The minimum absolute atomic E-state index is 0.392. The molecule has 3 aromatic rings. The van der Waals surface area contributed by atoms with Crippen LogP contribution < -0.4 is 0 Å². The molecule has 3 heteroatoms. The fraction of sp³-hybridized carbons (Fsp3) is 0.0714. The second kappa shape index (κ2) is 3.84. The Balaban J connectivity index is 2.34. The number of benzene rings is 1. The molecule has 0 radical (unpaired) electrons. The zero-order valence-corrected chi connectivity index (χ0v) is 9.09. The molecule has 0 N–H and O–H groups in total. The lowest BCUT2D eigenvalue weighted by atomic mass is 10.1. The van der Waals surface area contributed by atoms with Gasteiger partial charge in [-0.25, -0.2) is 0 Å². The van der Waals surface area contributed by atoms with Gasteiger partial charge in [-0.05, 0) is 17.7 Å². The topological polar surface area (TPSA) is 49.6 Å². The van der Waals surface area contributed by atoms with Crippen molar-refractivity contribution in [3.05, 3.63) is 48.3 Å². The summed E-state index contributed by atoms with van der Waals surface area (Å²) in [6, 6.07) is 12.1. The lowest BCUT2D eigenvalue weighted by Gasteiger charge is -2.03. The van der Waals surface area contributed by atoms with Gasteiger partial charge in [-0.3, -0.25) is 9.97 Å². The van der Waals surface area contributed by atoms with Crippen molar-refractivity contribution in [3.8, 4) is 6.07 Å². The number of nitrogens with zero attached hydrogens (tertiary/aromatic N) is 3. The van der Waals surface area contributed by atoms with Crippen LogP contribution in [0.5, 0.6) is 0 Å². The van der Waals surface area contributed by atoms with E-state index in [1.54, 1.807) is 12.4 Å². The minimum atomic E-state index is 0.392. The molecule has 2 aromatic heterocycles. The minimum Gasteiger partial charge on any atom is -0.254 e. The first-order chi connectivity index (χ1) is 8.38. The number of aromatic nitrogens is 2. The van der Waals surface area contributed by atoms with E-state index < -0.39 is 0 Å². The van der Waals surface area contributed by atoms with Gasteiger partial charge in [0, 0.05) is 23.2 Å². The summed E-state index contributed by atoms with van der Waals surface area (Å²) in [6.45, 7) is 0. The molecule has 3 rings (SSSR count). The number of fused-ring (bicyclic) bond motifs is 3. The smallest absolute Gasteiger partial charge is 0.0964 e. The first-order valence-corrected chi connectivity index (χ1v) is 5.38. The quantitative estimate of drug-likeness (QED) is 0.591. The molecule has 0 saturated heterocycles. The van der Waals surface area contributed by atoms with E-state index in [4.69, 9.17) is 5.26 Å². The van der Waals surface area contributed by atoms with Crippen LogP contribution in [0.2, 0.25) is 0 Å². The summed E-state index contributed by atoms with van der Waals surface area (Å²) in [5.74, 6) is 0. The molecule has 0 spiro atoms. The molecule has 0 aliphatic carbocycles. The van der Waals surface area contributed by atoms with Gasteiger partial charge < -0.3 is 0 Å². The summed E-state index contributed by atoms with van der Waals surface area (Å²) in [6.07, 6.45) is 3.91. The molecule has 0 bridgehead atoms. The Bertz CT molecular complexity index is 741. The monoisotopic (exact) mass is 219 g/mol. The van der Waals surface area contributed by atoms with Gasteiger partial charge in [0.05, 0.1) is 23.5 Å². The Labute approximate surface area is 98.4 Å². The van der Waals surface area contributed by atoms with Gasteiger partial charge in [0.1, 0.15) is 0 Å². The van der Waals surface area contributed by atoms with Crippen LogP contribution in [-0.4, -0.2) is 9.97 Å². The Morgan fingerprint density at radius 1 is 1.06 bits per heavy atom. The van der Waals surface area contributed by atoms with E-state index in [9.17, 15) is 0 Å². The second-order valence-electron chi connectivity index (χ2n) is 3.89. The van der Waals surface area contributed by atoms with Crippen molar-refractivity contribution in [1.29, 1.82) is 5.26 Å². The largest absolute Gasteiger partial charge is 0.254 e. The van der Waals surface area contributed by atoms with Crippen LogP contribution in [0.25, 0.3) is 21.8 Å². The summed E-state index contributed by atoms with van der Waals surface area (Å²) in [5.41, 5.74) is 2.74. The van der Waals surface area contributed by atoms with E-state index in [2.05, 4.69) is 16.0 Å². The lowest BCUT2D eigenvalue weighted by molar-refractivity contribution is 1.22. The molecule has 0 fully saturated rings. The molecular weight excluding hydrogens is 210 g/mol. The second-order valence-corrected chi connectivity index (χ2v) is 3.89. The zero-order valence-electron chi connectivity index (χ0n) is 9.09. The number of rotatable bonds is 1. The fourth-order valence-electron chi connectivity index (χ4n) is 1.97. The van der Waals surface area contributed by atoms with Gasteiger partial charge in [-0.1, -0.05) is 18.2 Å². The fourth-order valence-corrected chi connectivity index (χ4v) is 1.97. The molecular formula is C14H9N3. The Kier molecular flexibility index (Phi) is 2.20. The average molecular weight is 219 g/mol. The van der Waals surface area contributed by atoms with E-state index in [0.717, 1.165) is 27.4 Å². The highest BCUT2D eigenvalue weighted by Gasteiger charge is 2.03. The third-order valence-corrected chi connectivity index (χ3v) is 2.76. The molecule has 80 valence electrons. The Morgan fingerprint density at radius 2 is 1.88 bits per heavy atom. The summed E-state index contributed by atoms with van der Waals surface area (Å²) < 4.78 is 0. The summed E-state index contributed by atoms with van der Waals surface area (Å²) in [7, 11) is 0. The standard InChI is InChI=1S/C14H9N3/c15-6-5-10-8-12-4-3-11-2-1-7-16-13(11)14(12)17-9-10/h1-4,7-9H,5H2. The van der Waals surface area contributed by atoms with Crippen LogP contribution >= 0.6 is 0 Å². The number of pyridine rings is 2. The molecule has 17 heavy (non-hydrogen) atoms. The number of hydrogen-bond acceptors (Lipinski definition) is 3. The van der Waals surface area contributed by atoms with Crippen LogP contribution in [0.3, 0.4) is 0 Å². The summed E-state index contributed by atoms with van der Waals surface area (Å²) >= 11 is 0. The van der Waals surface area contributed by atoms with Crippen molar-refractivity contribution in [2.75, 3.05) is 0 Å². The molecule has 0 saturated carbocycles. The maximum atomic E-state index is 8.67. The molecule has 1 aromatic carbocycles. The molecule has 0 amide bonds. The Hall–Kier alpha value is -2.47. The van der Waals surface area contributed by atoms with Crippen molar-refractivity contribution >= 4 is 21.8 Å². The molecule has 2 heterocycles. The van der Waals surface area contributed by atoms with Crippen molar-refractivity contribution in [2.24, 2.45) is 0 Å². The van der Waals surface area contributed by atoms with Crippen LogP contribution in [0.4, 0.5) is 0 Å². The van der Waals surface area contributed by atoms with Gasteiger partial charge in [-0.2, -0.15) is 5.26 Å². The van der Waals surface area contributed by atoms with Gasteiger partial charge in [0.25, 0.3) is 0 Å². The van der Waals surface area contributed by atoms with E-state index in [1.807, 2.05) is 30.3 Å². The van der Waals surface area contributed by atoms with E-state index >= 15 is 0 Å². The first-order valence-electron chi connectivity index (χ1n) is 5.38. The predicted octanol–water partition coefficient (Wildman–Crippen LogP) is 2.85. The van der Waals surface area contributed by atoms with Crippen molar-refractivity contribution < 1.29 is 0 Å². The van der Waals surface area contributed by atoms with Crippen LogP contribution in [0, 0.1) is 11.3 Å². The van der Waals surface area contributed by atoms with E-state index in [-0.39, 0.29) is 0 Å². The van der Waals surface area contributed by atoms with Crippen LogP contribution in [0.1, 0.15) is 5.56 Å². The van der Waals surface area contributed by atoms with Gasteiger partial charge in [0.15, 0.2) is 0 Å². The van der Waals surface area contributed by atoms with Crippen molar-refractivity contribution in [2.45, 2.75) is 6.42 Å². The highest BCUT2D eigenvalue weighted by molar-refractivity contribution is 6.02. The van der Waals surface area contributed by atoms with Crippen LogP contribution in [0.15, 0.2) is 42.7 Å². The van der Waals surface area contributed by atoms with Crippen molar-refractivity contribution in [3.63, 3.8) is 0 Å². The van der Waals surface area contributed by atoms with Gasteiger partial charge in [-0.15, -0.1) is 0 Å². The molecule has 0 unspecified atom stereocenters. The predicted molar refractivity (Wildman–Crippen MR) is 66.4 cm³/mol. The molecule has 0 aliphatic rings. The SMILES string of the molecule is N#CCc1cnc2c(ccc3cccnc32)c1. The van der Waals surface area contributed by atoms with Gasteiger partial charge >= 0.3 is 0 Å². The molecule has 3 nitrogen and oxygen atoms in total. The van der Waals surface area contributed by atoms with E-state index in [0.29, 0.717) is 6.42 Å². The van der Waals surface area contributed by atoms with Gasteiger partial charge in [0.2, 0.25) is 0 Å². The highest BCUT2D eigenvalue weighted by Crippen LogP contribution is 2.22. The Morgan fingerprint density at radius 3 is 2.76 bits per heavy atom. The maximum absolute atomic E-state index is 8.67. The third-order valence-electron chi connectivity index (χ3n) is 2.76. The zero-order chi connectivity index (χ0) is 11.7. The van der Waals surface area contributed by atoms with Crippen LogP contribution in [-0.2, 0) is 6.42 Å². The third kappa shape index (κ3) is 1.60. The van der Waals surface area contributed by atoms with Crippen molar-refractivity contribution in [1.82, 2.24) is 9.97 Å².